The summed E-state index contributed by atoms with van der Waals surface area (Å²) in [6, 6.07) is 12.7. The molecule has 0 N–H and O–H groups in total. The summed E-state index contributed by atoms with van der Waals surface area (Å²) in [4.78, 5) is 19.8. The van der Waals surface area contributed by atoms with Crippen molar-refractivity contribution in [2.75, 3.05) is 50.7 Å². The molecule has 1 aromatic carbocycles. The van der Waals surface area contributed by atoms with Gasteiger partial charge in [0.05, 0.1) is 0 Å². The van der Waals surface area contributed by atoms with E-state index in [1.165, 1.54) is 5.69 Å². The van der Waals surface area contributed by atoms with Crippen molar-refractivity contribution >= 4 is 17.7 Å². The van der Waals surface area contributed by atoms with Gasteiger partial charge >= 0.3 is 0 Å². The number of amides is 1. The molecule has 0 saturated carbocycles. The Morgan fingerprint density at radius 3 is 2.52 bits per heavy atom. The van der Waals surface area contributed by atoms with Crippen LogP contribution in [-0.2, 0) is 7.05 Å². The van der Waals surface area contributed by atoms with Gasteiger partial charge in [-0.2, -0.15) is 0 Å². The topological polar surface area (TPSA) is 31.7 Å². The van der Waals surface area contributed by atoms with E-state index in [2.05, 4.69) is 52.3 Å². The van der Waals surface area contributed by atoms with E-state index in [-0.39, 0.29) is 5.91 Å². The second kappa shape index (κ2) is 8.01. The number of anilines is 1. The third kappa shape index (κ3) is 3.93. The summed E-state index contributed by atoms with van der Waals surface area (Å²) in [5.41, 5.74) is 3.15. The highest BCUT2D eigenvalue weighted by Crippen LogP contribution is 2.19. The molecular weight excluding hydrogens is 336 g/mol. The fourth-order valence-corrected chi connectivity index (χ4v) is 4.04. The van der Waals surface area contributed by atoms with Crippen LogP contribution in [-0.4, -0.2) is 66.1 Å². The van der Waals surface area contributed by atoms with E-state index in [0.29, 0.717) is 6.54 Å². The van der Waals surface area contributed by atoms with Gasteiger partial charge in [-0.1, -0.05) is 30.4 Å². The average molecular weight is 364 g/mol. The summed E-state index contributed by atoms with van der Waals surface area (Å²) in [7, 11) is 1.94. The van der Waals surface area contributed by atoms with Crippen LogP contribution in [0.15, 0.2) is 48.7 Å². The number of nitrogens with zero attached hydrogens (tertiary/aromatic N) is 4. The molecule has 0 unspecified atom stereocenters. The Morgan fingerprint density at radius 2 is 1.74 bits per heavy atom. The normalized spacial score (nSPS) is 17.9. The first-order valence-corrected chi connectivity index (χ1v) is 9.86. The van der Waals surface area contributed by atoms with Crippen molar-refractivity contribution in [2.45, 2.75) is 6.42 Å². The molecule has 0 bridgehead atoms. The molecule has 0 spiro atoms. The van der Waals surface area contributed by atoms with Crippen LogP contribution in [0, 0.1) is 0 Å². The van der Waals surface area contributed by atoms with Crippen LogP contribution in [0.4, 0.5) is 5.69 Å². The zero-order chi connectivity index (χ0) is 18.6. The summed E-state index contributed by atoms with van der Waals surface area (Å²) < 4.78 is 1.93. The molecule has 4 rings (SSSR count). The van der Waals surface area contributed by atoms with E-state index in [1.54, 1.807) is 0 Å². The first kappa shape index (κ1) is 17.9. The highest BCUT2D eigenvalue weighted by Gasteiger charge is 2.23. The molecular formula is C22H28N4O. The van der Waals surface area contributed by atoms with Crippen LogP contribution in [0.2, 0.25) is 0 Å². The van der Waals surface area contributed by atoms with E-state index in [0.717, 1.165) is 56.9 Å². The molecule has 1 saturated heterocycles. The Balaban J connectivity index is 1.25. The monoisotopic (exact) mass is 364 g/mol. The lowest BCUT2D eigenvalue weighted by atomic mass is 10.2. The lowest BCUT2D eigenvalue weighted by Gasteiger charge is -2.36. The van der Waals surface area contributed by atoms with Gasteiger partial charge in [0.1, 0.15) is 5.69 Å². The minimum Gasteiger partial charge on any atom is -0.369 e. The Morgan fingerprint density at radius 1 is 0.963 bits per heavy atom. The molecule has 2 aromatic rings. The summed E-state index contributed by atoms with van der Waals surface area (Å²) >= 11 is 0. The third-order valence-corrected chi connectivity index (χ3v) is 5.61. The molecule has 3 heterocycles. The Kier molecular flexibility index (Phi) is 5.30. The minimum absolute atomic E-state index is 0.149. The number of carbonyl (C=O) groups is 1. The van der Waals surface area contributed by atoms with Gasteiger partial charge in [-0.3, -0.25) is 9.69 Å². The first-order valence-electron chi connectivity index (χ1n) is 9.86. The Hall–Kier alpha value is -2.53. The fourth-order valence-electron chi connectivity index (χ4n) is 4.04. The zero-order valence-electron chi connectivity index (χ0n) is 16.1. The zero-order valence-corrected chi connectivity index (χ0v) is 16.1. The highest BCUT2D eigenvalue weighted by atomic mass is 16.2. The number of aromatic nitrogens is 1. The molecule has 0 radical (unpaired) electrons. The van der Waals surface area contributed by atoms with Gasteiger partial charge in [0, 0.05) is 63.8 Å². The van der Waals surface area contributed by atoms with Crippen LogP contribution >= 0.6 is 0 Å². The number of carbonyl (C=O) groups excluding carboxylic acids is 1. The van der Waals surface area contributed by atoms with Crippen LogP contribution in [0.25, 0.3) is 6.08 Å². The maximum absolute atomic E-state index is 12.8. The van der Waals surface area contributed by atoms with Gasteiger partial charge in [0.15, 0.2) is 0 Å². The van der Waals surface area contributed by atoms with Gasteiger partial charge in [0.2, 0.25) is 0 Å². The van der Waals surface area contributed by atoms with Crippen molar-refractivity contribution < 1.29 is 4.79 Å². The number of benzene rings is 1. The molecule has 27 heavy (non-hydrogen) atoms. The van der Waals surface area contributed by atoms with Crippen LogP contribution < -0.4 is 4.90 Å². The van der Waals surface area contributed by atoms with E-state index < -0.39 is 0 Å². The van der Waals surface area contributed by atoms with Crippen molar-refractivity contribution in [3.63, 3.8) is 0 Å². The fraction of sp³-hybridized carbons (Fsp3) is 0.409. The number of fused-ring (bicyclic) bond motifs is 1. The maximum Gasteiger partial charge on any atom is 0.271 e. The second-order valence-electron chi connectivity index (χ2n) is 7.40. The van der Waals surface area contributed by atoms with Crippen molar-refractivity contribution in [1.29, 1.82) is 0 Å². The SMILES string of the molecule is Cn1ccc2c1C(=O)N(CCCN1CCN(c3ccccc3)CC1)CC=C2. The molecule has 2 aliphatic rings. The van der Waals surface area contributed by atoms with Crippen LogP contribution in [0.1, 0.15) is 22.5 Å². The number of aryl methyl sites for hydroxylation is 1. The second-order valence-corrected chi connectivity index (χ2v) is 7.40. The summed E-state index contributed by atoms with van der Waals surface area (Å²) in [6.45, 7) is 6.89. The predicted molar refractivity (Wildman–Crippen MR) is 110 cm³/mol. The van der Waals surface area contributed by atoms with Crippen molar-refractivity contribution in [2.24, 2.45) is 7.05 Å². The van der Waals surface area contributed by atoms with Gasteiger partial charge in [-0.05, 0) is 31.2 Å². The molecule has 1 amide bonds. The third-order valence-electron chi connectivity index (χ3n) is 5.61. The average Bonchev–Trinajstić information content (AvgIpc) is 2.99. The van der Waals surface area contributed by atoms with Crippen LogP contribution in [0.5, 0.6) is 0 Å². The predicted octanol–water partition coefficient (Wildman–Crippen LogP) is 2.71. The molecule has 2 aliphatic heterocycles. The molecule has 5 heteroatoms. The number of hydrogen-bond donors (Lipinski definition) is 0. The summed E-state index contributed by atoms with van der Waals surface area (Å²) in [6.07, 6.45) is 7.14. The van der Waals surface area contributed by atoms with Gasteiger partial charge in [-0.15, -0.1) is 0 Å². The van der Waals surface area contributed by atoms with Gasteiger partial charge in [-0.25, -0.2) is 0 Å². The quantitative estimate of drug-likeness (QED) is 0.818. The van der Waals surface area contributed by atoms with Crippen molar-refractivity contribution in [3.8, 4) is 0 Å². The van der Waals surface area contributed by atoms with Gasteiger partial charge < -0.3 is 14.4 Å². The molecule has 142 valence electrons. The Bertz CT molecular complexity index is 803. The first-order chi connectivity index (χ1) is 13.2. The summed E-state index contributed by atoms with van der Waals surface area (Å²) in [5.74, 6) is 0.149. The number of rotatable bonds is 5. The lowest BCUT2D eigenvalue weighted by molar-refractivity contribution is 0.0758. The van der Waals surface area contributed by atoms with E-state index in [1.807, 2.05) is 28.8 Å². The Labute approximate surface area is 161 Å². The summed E-state index contributed by atoms with van der Waals surface area (Å²) in [5, 5.41) is 0. The minimum atomic E-state index is 0.149. The number of piperazine rings is 1. The molecule has 5 nitrogen and oxygen atoms in total. The molecule has 0 atom stereocenters. The maximum atomic E-state index is 12.8. The van der Waals surface area contributed by atoms with E-state index >= 15 is 0 Å². The van der Waals surface area contributed by atoms with E-state index in [9.17, 15) is 4.79 Å². The lowest BCUT2D eigenvalue weighted by Crippen LogP contribution is -2.47. The molecule has 1 fully saturated rings. The molecule has 0 aliphatic carbocycles. The van der Waals surface area contributed by atoms with Crippen molar-refractivity contribution in [1.82, 2.24) is 14.4 Å². The van der Waals surface area contributed by atoms with Crippen molar-refractivity contribution in [3.05, 3.63) is 59.9 Å². The highest BCUT2D eigenvalue weighted by molar-refractivity contribution is 5.97. The largest absolute Gasteiger partial charge is 0.369 e. The number of hydrogen-bond acceptors (Lipinski definition) is 3. The van der Waals surface area contributed by atoms with Crippen LogP contribution in [0.3, 0.4) is 0 Å². The molecule has 1 aromatic heterocycles. The smallest absolute Gasteiger partial charge is 0.271 e. The standard InChI is InChI=1S/C22H28N4O/c1-23-14-10-19-7-5-12-26(22(27)21(19)23)13-6-11-24-15-17-25(18-16-24)20-8-3-2-4-9-20/h2-5,7-10,14H,6,11-13,15-18H2,1H3. The van der Waals surface area contributed by atoms with E-state index in [4.69, 9.17) is 0 Å². The number of para-hydroxylation sites is 1. The van der Waals surface area contributed by atoms with Gasteiger partial charge in [0.25, 0.3) is 5.91 Å².